The number of nitrogens with zero attached hydrogens (tertiary/aromatic N) is 10. The highest BCUT2D eigenvalue weighted by atomic mass is 79.9. The molecule has 0 aliphatic carbocycles. The monoisotopic (exact) mass is 1650 g/mol. The predicted octanol–water partition coefficient (Wildman–Crippen LogP) is 19.4. The second kappa shape index (κ2) is 41.8. The van der Waals surface area contributed by atoms with Crippen LogP contribution in [0, 0.1) is 16.2 Å². The van der Waals surface area contributed by atoms with E-state index in [-0.39, 0.29) is 0 Å². The number of halogens is 1. The highest BCUT2D eigenvalue weighted by molar-refractivity contribution is 9.10. The van der Waals surface area contributed by atoms with Gasteiger partial charge in [-0.1, -0.05) is 301 Å². The van der Waals surface area contributed by atoms with E-state index in [4.69, 9.17) is 16.2 Å². The molecule has 0 amide bonds. The summed E-state index contributed by atoms with van der Waals surface area (Å²) in [5.41, 5.74) is 26.6. The van der Waals surface area contributed by atoms with Crippen LogP contribution in [-0.4, -0.2) is 143 Å². The Morgan fingerprint density at radius 3 is 1.12 bits per heavy atom. The second-order valence-electron chi connectivity index (χ2n) is 31.0. The Morgan fingerprint density at radius 1 is 0.342 bits per heavy atom. The summed E-state index contributed by atoms with van der Waals surface area (Å²) in [6.07, 6.45) is 1.68. The zero-order chi connectivity index (χ0) is 82.9. The molecule has 0 radical (unpaired) electrons. The van der Waals surface area contributed by atoms with Crippen LogP contribution in [0.4, 0.5) is 11.4 Å². The summed E-state index contributed by atoms with van der Waals surface area (Å²) in [6.45, 7) is 17.8. The maximum atomic E-state index is 10.8. The molecule has 19 rings (SSSR count). The van der Waals surface area contributed by atoms with Crippen LogP contribution in [0.2, 0.25) is 0 Å². The van der Waals surface area contributed by atoms with E-state index < -0.39 is 0 Å². The molecule has 0 bridgehead atoms. The number of amidine groups is 1. The van der Waals surface area contributed by atoms with Gasteiger partial charge in [-0.25, -0.2) is 0 Å². The number of aryl methyl sites for hydroxylation is 2. The van der Waals surface area contributed by atoms with Gasteiger partial charge in [0.2, 0.25) is 11.2 Å². The Bertz CT molecular complexity index is 5920. The molecule has 3 saturated heterocycles. The largest absolute Gasteiger partial charge is 0.369 e. The van der Waals surface area contributed by atoms with Crippen LogP contribution in [0.25, 0.3) is 66.6 Å². The lowest BCUT2D eigenvalue weighted by molar-refractivity contribution is 0.112. The fourth-order valence-corrected chi connectivity index (χ4v) is 16.5. The zero-order valence-corrected chi connectivity index (χ0v) is 71.0. The summed E-state index contributed by atoms with van der Waals surface area (Å²) in [7, 11) is 8.04. The molecule has 3 fully saturated rings. The van der Waals surface area contributed by atoms with E-state index in [9.17, 15) is 4.79 Å². The van der Waals surface area contributed by atoms with E-state index in [0.29, 0.717) is 30.2 Å². The first-order valence-corrected chi connectivity index (χ1v) is 42.5. The topological polar surface area (TPSA) is 140 Å². The maximum Gasteiger partial charge on any atom is 0.203 e. The lowest BCUT2D eigenvalue weighted by atomic mass is 9.99. The molecule has 120 heavy (non-hydrogen) atoms. The van der Waals surface area contributed by atoms with E-state index in [2.05, 4.69) is 288 Å². The lowest BCUT2D eigenvalue weighted by Gasteiger charge is -2.36. The minimum Gasteiger partial charge on any atom is -0.369 e. The molecule has 2 aromatic heterocycles. The van der Waals surface area contributed by atoms with Gasteiger partial charge in [0.05, 0.1) is 35.2 Å². The number of rotatable bonds is 16. The number of carbonyl (C=O) groups excluding carboxylic acids is 1. The van der Waals surface area contributed by atoms with Crippen molar-refractivity contribution in [3.63, 3.8) is 0 Å². The summed E-state index contributed by atoms with van der Waals surface area (Å²) >= 11 is 3.44. The Morgan fingerprint density at radius 2 is 0.692 bits per heavy atom. The molecule has 608 valence electrons. The molecular weight excluding hydrogens is 1540 g/mol. The number of aldehydes is 1. The third kappa shape index (κ3) is 21.7. The third-order valence-electron chi connectivity index (χ3n) is 23.1. The number of imidazole rings is 2. The molecular formula is C104H109BrN14O. The van der Waals surface area contributed by atoms with Crippen LogP contribution in [0.15, 0.2) is 344 Å². The van der Waals surface area contributed by atoms with Gasteiger partial charge in [-0.3, -0.25) is 35.7 Å². The smallest absolute Gasteiger partial charge is 0.203 e. The molecule has 16 heteroatoms. The van der Waals surface area contributed by atoms with E-state index in [1.54, 1.807) is 0 Å². The van der Waals surface area contributed by atoms with Crippen LogP contribution in [0.5, 0.6) is 0 Å². The highest BCUT2D eigenvalue weighted by Crippen LogP contribution is 2.31. The molecule has 0 unspecified atom stereocenters. The molecule has 0 saturated carbocycles. The first kappa shape index (κ1) is 84.1. The average molecular weight is 1650 g/mol. The minimum atomic E-state index is 0.518. The number of likely N-dealkylation sites (N-methyl/N-ethyl adjacent to an activating group) is 2. The number of benzene rings is 13. The van der Waals surface area contributed by atoms with E-state index in [1.807, 2.05) is 149 Å². The molecule has 4 aliphatic heterocycles. The Balaban J connectivity index is 0.000000124. The Hall–Kier alpha value is -12.4. The number of fused-ring (bicyclic) bond motifs is 3. The number of carbonyl (C=O) groups is 1. The van der Waals surface area contributed by atoms with Crippen molar-refractivity contribution in [3.8, 4) is 44.5 Å². The van der Waals surface area contributed by atoms with Gasteiger partial charge < -0.3 is 38.3 Å². The highest BCUT2D eigenvalue weighted by Gasteiger charge is 2.23. The van der Waals surface area contributed by atoms with Crippen LogP contribution in [0.3, 0.4) is 0 Å². The van der Waals surface area contributed by atoms with Crippen molar-refractivity contribution in [2.75, 3.05) is 102 Å². The van der Waals surface area contributed by atoms with Crippen molar-refractivity contribution in [2.45, 2.75) is 39.1 Å². The van der Waals surface area contributed by atoms with Gasteiger partial charge in [0.15, 0.2) is 6.29 Å². The van der Waals surface area contributed by atoms with Crippen LogP contribution < -0.4 is 26.4 Å². The van der Waals surface area contributed by atoms with Gasteiger partial charge >= 0.3 is 0 Å². The number of anilines is 2. The standard InChI is InChI=1S/C32H33N5.C18H22N2.C17H20N2.C15H14BrN3.C13H10O.C9H10N2/c1-34-30-13-7-8-14-31(30)37(32(34)33)23-25-15-17-28(18-16-25)36-21-19-35(20-22-36)24-27-11-5-6-12-29(27)26-9-3-2-4-10-26;1-19-11-13-20(14-12-19)15-17-9-5-6-10-18(17)16-7-3-2-4-8-16;1-2-6-15(7-3-1)17-9-5-4-8-16(17)14-19-12-10-18-11-13-19;1-18-13-4-2-3-5-14(13)19(15(18)17)10-11-6-8-12(16)9-7-11;14-10-12-8-4-5-9-13(12)11-6-2-1-3-7-11;1-11-8-5-3-2-4-7(8)6-9(11)10/h2-18,33H,19-24H2,1H3;2-10H,11-15H2,1H3;1-9,18H,10-14H2;2-9,17H,10H2,1H3;1-10H;2-5,10H,6H2,1H3. The summed E-state index contributed by atoms with van der Waals surface area (Å²) in [5.74, 6) is 0.686. The van der Waals surface area contributed by atoms with Gasteiger partial charge in [-0.05, 0) is 140 Å². The maximum absolute atomic E-state index is 10.8. The molecule has 15 nitrogen and oxygen atoms in total. The first-order valence-electron chi connectivity index (χ1n) is 41.7. The molecule has 13 aromatic carbocycles. The summed E-state index contributed by atoms with van der Waals surface area (Å²) in [4.78, 5) is 25.3. The summed E-state index contributed by atoms with van der Waals surface area (Å²) in [6, 6.07) is 118. The van der Waals surface area contributed by atoms with Crippen molar-refractivity contribution in [1.29, 1.82) is 16.2 Å². The lowest BCUT2D eigenvalue weighted by Crippen LogP contribution is -2.46. The minimum absolute atomic E-state index is 0.518. The molecule has 6 heterocycles. The van der Waals surface area contributed by atoms with Gasteiger partial charge in [0, 0.05) is 147 Å². The van der Waals surface area contributed by atoms with Crippen molar-refractivity contribution in [3.05, 3.63) is 394 Å². The van der Waals surface area contributed by atoms with Crippen molar-refractivity contribution >= 4 is 61.5 Å². The summed E-state index contributed by atoms with van der Waals surface area (Å²) < 4.78 is 9.04. The molecule has 0 atom stereocenters. The molecule has 15 aromatic rings. The van der Waals surface area contributed by atoms with E-state index >= 15 is 0 Å². The Kier molecular flexibility index (Phi) is 29.3. The van der Waals surface area contributed by atoms with Crippen LogP contribution >= 0.6 is 15.9 Å². The molecule has 4 aliphatic rings. The number of hydrogen-bond donors (Lipinski definition) is 4. The SMILES string of the molecule is CN1C(=N)Cc2ccccc21.CN1CCN(Cc2ccccc2-c2ccccc2)CC1.Cn1c(=N)n(Cc2ccc(Br)cc2)c2ccccc21.Cn1c(=N)n(Cc2ccc(N3CCN(Cc4ccccc4-c4ccccc4)CC3)cc2)c2ccccc21.O=Cc1ccccc1-c1ccccc1.c1ccc(-c2ccccc2CN2CCNCC2)cc1. The number of nitrogens with one attached hydrogen (secondary N) is 4. The Labute approximate surface area is 715 Å². The van der Waals surface area contributed by atoms with Gasteiger partial charge in [-0.2, -0.15) is 0 Å². The fraction of sp³-hybridized carbons (Fsp3) is 0.212. The first-order chi connectivity index (χ1) is 58.8. The number of aromatic nitrogens is 4. The van der Waals surface area contributed by atoms with Crippen LogP contribution in [-0.2, 0) is 53.2 Å². The average Bonchev–Trinajstić information content (AvgIpc) is 1.63. The van der Waals surface area contributed by atoms with Crippen molar-refractivity contribution in [2.24, 2.45) is 14.1 Å². The molecule has 4 N–H and O–H groups in total. The fourth-order valence-electron chi connectivity index (χ4n) is 16.2. The predicted molar refractivity (Wildman–Crippen MR) is 500 cm³/mol. The number of para-hydroxylation sites is 5. The second-order valence-corrected chi connectivity index (χ2v) is 31.9. The summed E-state index contributed by atoms with van der Waals surface area (Å²) in [5, 5.41) is 27.8. The zero-order valence-electron chi connectivity index (χ0n) is 69.4. The van der Waals surface area contributed by atoms with Gasteiger partial charge in [0.25, 0.3) is 0 Å². The van der Waals surface area contributed by atoms with Gasteiger partial charge in [-0.15, -0.1) is 0 Å². The van der Waals surface area contributed by atoms with E-state index in [1.165, 1.54) is 104 Å². The van der Waals surface area contributed by atoms with Crippen LogP contribution in [0.1, 0.15) is 43.7 Å². The quantitative estimate of drug-likeness (QED) is 0.0702. The number of hydrogen-bond acceptors (Lipinski definition) is 10. The normalized spacial score (nSPS) is 14.2. The van der Waals surface area contributed by atoms with E-state index in [0.717, 1.165) is 128 Å². The molecule has 0 spiro atoms. The third-order valence-corrected chi connectivity index (χ3v) is 23.6. The van der Waals surface area contributed by atoms with Crippen molar-refractivity contribution in [1.82, 2.24) is 43.2 Å². The van der Waals surface area contributed by atoms with Crippen molar-refractivity contribution < 1.29 is 4.79 Å². The van der Waals surface area contributed by atoms with Gasteiger partial charge in [0.1, 0.15) is 5.84 Å². The number of piperazine rings is 3.